The average molecular weight is 318 g/mol. The Hall–Kier alpha value is -0.940. The van der Waals surface area contributed by atoms with Crippen molar-refractivity contribution in [3.05, 3.63) is 34.1 Å². The Bertz CT molecular complexity index is 399. The average Bonchev–Trinajstić information content (AvgIpc) is 2.32. The Morgan fingerprint density at radius 1 is 1.44 bits per heavy atom. The zero-order valence-electron chi connectivity index (χ0n) is 10.3. The van der Waals surface area contributed by atoms with Gasteiger partial charge in [-0.25, -0.2) is 9.87 Å². The van der Waals surface area contributed by atoms with E-state index in [9.17, 15) is 9.18 Å². The molecule has 0 aliphatic carbocycles. The summed E-state index contributed by atoms with van der Waals surface area (Å²) in [7, 11) is 0. The van der Waals surface area contributed by atoms with Gasteiger partial charge >= 0.3 is 0 Å². The lowest BCUT2D eigenvalue weighted by molar-refractivity contribution is -0.134. The standard InChI is InChI=1S/C13H17BrFNO2/c1-2-3-4-5-13(17)16-18-9-10-6-7-11(15)8-12(10)14/h6-8H,2-5,9H2,1H3,(H,16,17). The van der Waals surface area contributed by atoms with Gasteiger partial charge in [0, 0.05) is 10.9 Å². The van der Waals surface area contributed by atoms with Gasteiger partial charge < -0.3 is 0 Å². The molecule has 0 saturated heterocycles. The fourth-order valence-corrected chi connectivity index (χ4v) is 1.88. The van der Waals surface area contributed by atoms with E-state index in [1.165, 1.54) is 12.1 Å². The third-order valence-corrected chi connectivity index (χ3v) is 3.17. The number of unbranched alkanes of at least 4 members (excludes halogenated alkanes) is 2. The molecule has 0 heterocycles. The fraction of sp³-hybridized carbons (Fsp3) is 0.462. The predicted molar refractivity (Wildman–Crippen MR) is 71.2 cm³/mol. The SMILES string of the molecule is CCCCCC(=O)NOCc1ccc(F)cc1Br. The van der Waals surface area contributed by atoms with Gasteiger partial charge in [0.15, 0.2) is 0 Å². The monoisotopic (exact) mass is 317 g/mol. The molecule has 0 bridgehead atoms. The molecule has 18 heavy (non-hydrogen) atoms. The van der Waals surface area contributed by atoms with Gasteiger partial charge in [0.2, 0.25) is 5.91 Å². The van der Waals surface area contributed by atoms with E-state index in [0.29, 0.717) is 10.9 Å². The second-order valence-electron chi connectivity index (χ2n) is 4.01. The Morgan fingerprint density at radius 3 is 2.89 bits per heavy atom. The molecule has 0 radical (unpaired) electrons. The molecule has 0 unspecified atom stereocenters. The Labute approximate surface area is 115 Å². The van der Waals surface area contributed by atoms with Gasteiger partial charge in [0.05, 0.1) is 0 Å². The highest BCUT2D eigenvalue weighted by Crippen LogP contribution is 2.18. The fourth-order valence-electron chi connectivity index (χ4n) is 1.42. The van der Waals surface area contributed by atoms with Crippen molar-refractivity contribution >= 4 is 21.8 Å². The number of rotatable bonds is 7. The zero-order chi connectivity index (χ0) is 13.4. The molecule has 0 atom stereocenters. The largest absolute Gasteiger partial charge is 0.273 e. The first-order valence-electron chi connectivity index (χ1n) is 5.98. The van der Waals surface area contributed by atoms with Crippen LogP contribution >= 0.6 is 15.9 Å². The van der Waals surface area contributed by atoms with Crippen LogP contribution in [0.5, 0.6) is 0 Å². The molecule has 5 heteroatoms. The number of benzene rings is 1. The maximum Gasteiger partial charge on any atom is 0.243 e. The summed E-state index contributed by atoms with van der Waals surface area (Å²) in [5.74, 6) is -0.434. The minimum Gasteiger partial charge on any atom is -0.273 e. The first-order valence-corrected chi connectivity index (χ1v) is 6.77. The molecule has 0 aromatic heterocycles. The summed E-state index contributed by atoms with van der Waals surface area (Å²) in [5.41, 5.74) is 3.16. The van der Waals surface area contributed by atoms with Crippen molar-refractivity contribution in [1.82, 2.24) is 5.48 Å². The quantitative estimate of drug-likeness (QED) is 0.615. The van der Waals surface area contributed by atoms with E-state index in [4.69, 9.17) is 4.84 Å². The molecular formula is C13H17BrFNO2. The molecule has 1 N–H and O–H groups in total. The van der Waals surface area contributed by atoms with Gasteiger partial charge in [-0.05, 0) is 24.1 Å². The smallest absolute Gasteiger partial charge is 0.243 e. The van der Waals surface area contributed by atoms with Gasteiger partial charge in [-0.2, -0.15) is 0 Å². The third kappa shape index (κ3) is 5.60. The zero-order valence-corrected chi connectivity index (χ0v) is 11.9. The molecule has 100 valence electrons. The summed E-state index contributed by atoms with van der Waals surface area (Å²) in [4.78, 5) is 16.4. The molecular weight excluding hydrogens is 301 g/mol. The number of hydroxylamine groups is 1. The van der Waals surface area contributed by atoms with Crippen LogP contribution in [-0.4, -0.2) is 5.91 Å². The maximum atomic E-state index is 12.8. The number of carbonyl (C=O) groups excluding carboxylic acids is 1. The van der Waals surface area contributed by atoms with E-state index < -0.39 is 0 Å². The van der Waals surface area contributed by atoms with Crippen LogP contribution in [0.3, 0.4) is 0 Å². The van der Waals surface area contributed by atoms with Gasteiger partial charge in [-0.3, -0.25) is 9.63 Å². The Morgan fingerprint density at radius 2 is 2.22 bits per heavy atom. The van der Waals surface area contributed by atoms with Crippen LogP contribution in [0.15, 0.2) is 22.7 Å². The molecule has 0 aliphatic rings. The molecule has 0 fully saturated rings. The minimum absolute atomic E-state index is 0.123. The summed E-state index contributed by atoms with van der Waals surface area (Å²) in [5, 5.41) is 0. The topological polar surface area (TPSA) is 38.3 Å². The second-order valence-corrected chi connectivity index (χ2v) is 4.86. The number of halogens is 2. The predicted octanol–water partition coefficient (Wildman–Crippen LogP) is 3.72. The van der Waals surface area contributed by atoms with Crippen molar-refractivity contribution in [2.75, 3.05) is 0 Å². The molecule has 0 spiro atoms. The molecule has 1 aromatic carbocycles. The number of carbonyl (C=O) groups is 1. The van der Waals surface area contributed by atoms with Crippen LogP contribution in [0, 0.1) is 5.82 Å². The summed E-state index contributed by atoms with van der Waals surface area (Å²) in [6.45, 7) is 2.29. The molecule has 0 saturated carbocycles. The lowest BCUT2D eigenvalue weighted by Crippen LogP contribution is -2.23. The number of hydrogen-bond acceptors (Lipinski definition) is 2. The van der Waals surface area contributed by atoms with Gasteiger partial charge in [-0.1, -0.05) is 41.8 Å². The third-order valence-electron chi connectivity index (χ3n) is 2.44. The molecule has 1 rings (SSSR count). The summed E-state index contributed by atoms with van der Waals surface area (Å²) in [6, 6.07) is 4.33. The summed E-state index contributed by atoms with van der Waals surface area (Å²) >= 11 is 3.23. The first-order chi connectivity index (χ1) is 8.63. The van der Waals surface area contributed by atoms with E-state index in [1.54, 1.807) is 6.07 Å². The van der Waals surface area contributed by atoms with Gasteiger partial charge in [0.25, 0.3) is 0 Å². The van der Waals surface area contributed by atoms with Crippen molar-refractivity contribution in [3.63, 3.8) is 0 Å². The molecule has 1 amide bonds. The first kappa shape index (κ1) is 15.1. The van der Waals surface area contributed by atoms with Crippen LogP contribution in [0.4, 0.5) is 4.39 Å². The van der Waals surface area contributed by atoms with Gasteiger partial charge in [0.1, 0.15) is 12.4 Å². The number of hydrogen-bond donors (Lipinski definition) is 1. The maximum absolute atomic E-state index is 12.8. The van der Waals surface area contributed by atoms with Crippen LogP contribution in [0.1, 0.15) is 38.2 Å². The van der Waals surface area contributed by atoms with E-state index in [-0.39, 0.29) is 18.3 Å². The highest BCUT2D eigenvalue weighted by molar-refractivity contribution is 9.10. The highest BCUT2D eigenvalue weighted by Gasteiger charge is 2.04. The molecule has 1 aromatic rings. The Kier molecular flexibility index (Phi) is 6.90. The van der Waals surface area contributed by atoms with Crippen molar-refractivity contribution in [2.24, 2.45) is 0 Å². The van der Waals surface area contributed by atoms with E-state index in [0.717, 1.165) is 24.8 Å². The van der Waals surface area contributed by atoms with Crippen molar-refractivity contribution < 1.29 is 14.0 Å². The van der Waals surface area contributed by atoms with Crippen molar-refractivity contribution in [3.8, 4) is 0 Å². The van der Waals surface area contributed by atoms with E-state index in [1.807, 2.05) is 0 Å². The Balaban J connectivity index is 2.26. The lowest BCUT2D eigenvalue weighted by Gasteiger charge is -2.07. The van der Waals surface area contributed by atoms with Crippen LogP contribution in [0.25, 0.3) is 0 Å². The van der Waals surface area contributed by atoms with Crippen LogP contribution < -0.4 is 5.48 Å². The second kappa shape index (κ2) is 8.21. The lowest BCUT2D eigenvalue weighted by atomic mass is 10.2. The summed E-state index contributed by atoms with van der Waals surface area (Å²) < 4.78 is 13.5. The van der Waals surface area contributed by atoms with Gasteiger partial charge in [-0.15, -0.1) is 0 Å². The molecule has 3 nitrogen and oxygen atoms in total. The van der Waals surface area contributed by atoms with E-state index >= 15 is 0 Å². The normalized spacial score (nSPS) is 10.4. The van der Waals surface area contributed by atoms with Crippen LogP contribution in [0.2, 0.25) is 0 Å². The van der Waals surface area contributed by atoms with Crippen LogP contribution in [-0.2, 0) is 16.2 Å². The number of nitrogens with one attached hydrogen (secondary N) is 1. The highest BCUT2D eigenvalue weighted by atomic mass is 79.9. The van der Waals surface area contributed by atoms with E-state index in [2.05, 4.69) is 28.3 Å². The summed E-state index contributed by atoms with van der Waals surface area (Å²) in [6.07, 6.45) is 3.46. The minimum atomic E-state index is -0.311. The van der Waals surface area contributed by atoms with Crippen molar-refractivity contribution in [1.29, 1.82) is 0 Å². The molecule has 0 aliphatic heterocycles. The number of amides is 1. The van der Waals surface area contributed by atoms with Crippen molar-refractivity contribution in [2.45, 2.75) is 39.2 Å².